The summed E-state index contributed by atoms with van der Waals surface area (Å²) in [7, 11) is 1.74. The van der Waals surface area contributed by atoms with Crippen LogP contribution in [0.25, 0.3) is 0 Å². The molecule has 0 aromatic carbocycles. The van der Waals surface area contributed by atoms with Crippen LogP contribution in [0.1, 0.15) is 45.4 Å². The number of carbonyl (C=O) groups is 1. The number of urea groups is 1. The van der Waals surface area contributed by atoms with Gasteiger partial charge in [-0.25, -0.2) is 4.79 Å². The van der Waals surface area contributed by atoms with Crippen LogP contribution in [0.5, 0.6) is 0 Å². The summed E-state index contributed by atoms with van der Waals surface area (Å²) in [6, 6.07) is 0.439. The zero-order chi connectivity index (χ0) is 14.4. The monoisotopic (exact) mass is 283 g/mol. The molecule has 5 heteroatoms. The van der Waals surface area contributed by atoms with Gasteiger partial charge in [0.1, 0.15) is 0 Å². The molecule has 1 aliphatic heterocycles. The van der Waals surface area contributed by atoms with Crippen molar-refractivity contribution in [2.24, 2.45) is 0 Å². The molecule has 1 unspecified atom stereocenters. The van der Waals surface area contributed by atoms with Crippen molar-refractivity contribution < 1.29 is 9.53 Å². The van der Waals surface area contributed by atoms with Gasteiger partial charge in [-0.05, 0) is 45.2 Å². The van der Waals surface area contributed by atoms with E-state index in [1.807, 2.05) is 0 Å². The Bertz CT molecular complexity index is 313. The van der Waals surface area contributed by atoms with Gasteiger partial charge in [-0.1, -0.05) is 13.3 Å². The van der Waals surface area contributed by atoms with E-state index in [1.165, 1.54) is 25.7 Å². The molecular formula is C15H29N3O2. The molecule has 0 aromatic heterocycles. The third-order valence-corrected chi connectivity index (χ3v) is 4.92. The van der Waals surface area contributed by atoms with Crippen molar-refractivity contribution in [1.82, 2.24) is 15.5 Å². The van der Waals surface area contributed by atoms with E-state index in [0.29, 0.717) is 12.6 Å². The molecule has 2 aliphatic rings. The second-order valence-corrected chi connectivity index (χ2v) is 6.08. The Hall–Kier alpha value is -0.810. The summed E-state index contributed by atoms with van der Waals surface area (Å²) in [6.45, 7) is 5.80. The van der Waals surface area contributed by atoms with Crippen LogP contribution in [-0.2, 0) is 4.74 Å². The smallest absolute Gasteiger partial charge is 0.314 e. The maximum absolute atomic E-state index is 11.9. The first-order valence-corrected chi connectivity index (χ1v) is 8.00. The number of likely N-dealkylation sites (N-methyl/N-ethyl adjacent to an activating group) is 1. The minimum absolute atomic E-state index is 0.0602. The molecule has 20 heavy (non-hydrogen) atoms. The Kier molecular flexibility index (Phi) is 5.66. The Morgan fingerprint density at radius 2 is 2.10 bits per heavy atom. The van der Waals surface area contributed by atoms with Crippen molar-refractivity contribution in [2.75, 3.05) is 33.3 Å². The standard InChI is InChI=1S/C15H29N3O2/c1-3-18-10-5-4-7-13(18)11-16-14(19)17-12-15(20-2)8-6-9-15/h13H,3-12H2,1-2H3,(H2,16,17,19). The fourth-order valence-corrected chi connectivity index (χ4v) is 3.25. The molecule has 2 fully saturated rings. The largest absolute Gasteiger partial charge is 0.376 e. The van der Waals surface area contributed by atoms with Gasteiger partial charge in [0.05, 0.1) is 5.60 Å². The number of hydrogen-bond acceptors (Lipinski definition) is 3. The molecule has 2 rings (SSSR count). The SMILES string of the molecule is CCN1CCCCC1CNC(=O)NCC1(OC)CCC1. The number of amides is 2. The first kappa shape index (κ1) is 15.6. The van der Waals surface area contributed by atoms with Gasteiger partial charge in [0.2, 0.25) is 0 Å². The van der Waals surface area contributed by atoms with Gasteiger partial charge in [-0.2, -0.15) is 0 Å². The highest BCUT2D eigenvalue weighted by Gasteiger charge is 2.37. The quantitative estimate of drug-likeness (QED) is 0.780. The summed E-state index contributed by atoms with van der Waals surface area (Å²) in [5.41, 5.74) is -0.0996. The van der Waals surface area contributed by atoms with Gasteiger partial charge in [0.15, 0.2) is 0 Å². The number of nitrogens with one attached hydrogen (secondary N) is 2. The predicted octanol–water partition coefficient (Wildman–Crippen LogP) is 1.73. The molecule has 1 heterocycles. The summed E-state index contributed by atoms with van der Waals surface area (Å²) in [4.78, 5) is 14.4. The first-order valence-electron chi connectivity index (χ1n) is 8.00. The molecule has 0 aromatic rings. The van der Waals surface area contributed by atoms with Gasteiger partial charge in [0.25, 0.3) is 0 Å². The Morgan fingerprint density at radius 1 is 1.30 bits per heavy atom. The third kappa shape index (κ3) is 3.85. The zero-order valence-corrected chi connectivity index (χ0v) is 12.9. The molecule has 1 saturated carbocycles. The lowest BCUT2D eigenvalue weighted by Gasteiger charge is -2.40. The van der Waals surface area contributed by atoms with E-state index in [-0.39, 0.29) is 11.6 Å². The van der Waals surface area contributed by atoms with Gasteiger partial charge in [-0.3, -0.25) is 4.90 Å². The van der Waals surface area contributed by atoms with Crippen molar-refractivity contribution in [3.05, 3.63) is 0 Å². The predicted molar refractivity (Wildman–Crippen MR) is 79.9 cm³/mol. The van der Waals surface area contributed by atoms with Gasteiger partial charge < -0.3 is 15.4 Å². The molecule has 0 bridgehead atoms. The van der Waals surface area contributed by atoms with E-state index in [2.05, 4.69) is 22.5 Å². The summed E-state index contributed by atoms with van der Waals surface area (Å²) < 4.78 is 5.50. The second-order valence-electron chi connectivity index (χ2n) is 6.08. The molecular weight excluding hydrogens is 254 g/mol. The lowest BCUT2D eigenvalue weighted by Crippen LogP contribution is -2.53. The fourth-order valence-electron chi connectivity index (χ4n) is 3.25. The highest BCUT2D eigenvalue weighted by atomic mass is 16.5. The Morgan fingerprint density at radius 3 is 2.70 bits per heavy atom. The van der Waals surface area contributed by atoms with Gasteiger partial charge in [0, 0.05) is 26.2 Å². The maximum Gasteiger partial charge on any atom is 0.314 e. The van der Waals surface area contributed by atoms with Gasteiger partial charge in [-0.15, -0.1) is 0 Å². The topological polar surface area (TPSA) is 53.6 Å². The van der Waals surface area contributed by atoms with Crippen molar-refractivity contribution in [1.29, 1.82) is 0 Å². The van der Waals surface area contributed by atoms with Crippen molar-refractivity contribution in [3.63, 3.8) is 0 Å². The van der Waals surface area contributed by atoms with Crippen LogP contribution in [0.2, 0.25) is 0 Å². The van der Waals surface area contributed by atoms with Gasteiger partial charge >= 0.3 is 6.03 Å². The third-order valence-electron chi connectivity index (χ3n) is 4.92. The van der Waals surface area contributed by atoms with E-state index < -0.39 is 0 Å². The summed E-state index contributed by atoms with van der Waals surface area (Å²) >= 11 is 0. The average Bonchev–Trinajstić information content (AvgIpc) is 2.44. The van der Waals surface area contributed by atoms with Crippen LogP contribution in [0.15, 0.2) is 0 Å². The van der Waals surface area contributed by atoms with Crippen LogP contribution in [-0.4, -0.2) is 55.9 Å². The molecule has 1 aliphatic carbocycles. The van der Waals surface area contributed by atoms with Crippen molar-refractivity contribution in [3.8, 4) is 0 Å². The van der Waals surface area contributed by atoms with Crippen LogP contribution in [0, 0.1) is 0 Å². The first-order chi connectivity index (χ1) is 9.69. The molecule has 1 atom stereocenters. The highest BCUT2D eigenvalue weighted by Crippen LogP contribution is 2.34. The molecule has 116 valence electrons. The Labute approximate surface area is 122 Å². The summed E-state index contributed by atoms with van der Waals surface area (Å²) in [5.74, 6) is 0. The van der Waals surface area contributed by atoms with E-state index in [1.54, 1.807) is 7.11 Å². The van der Waals surface area contributed by atoms with E-state index in [4.69, 9.17) is 4.74 Å². The minimum Gasteiger partial charge on any atom is -0.376 e. The van der Waals surface area contributed by atoms with Crippen LogP contribution in [0.3, 0.4) is 0 Å². The van der Waals surface area contributed by atoms with Crippen LogP contribution in [0.4, 0.5) is 4.79 Å². The minimum atomic E-state index is -0.0996. The number of carbonyl (C=O) groups excluding carboxylic acids is 1. The molecule has 5 nitrogen and oxygen atoms in total. The number of piperidine rings is 1. The number of ether oxygens (including phenoxy) is 1. The van der Waals surface area contributed by atoms with E-state index in [9.17, 15) is 4.79 Å². The average molecular weight is 283 g/mol. The van der Waals surface area contributed by atoms with Crippen molar-refractivity contribution >= 4 is 6.03 Å². The number of hydrogen-bond donors (Lipinski definition) is 2. The normalized spacial score (nSPS) is 25.8. The highest BCUT2D eigenvalue weighted by molar-refractivity contribution is 5.73. The lowest BCUT2D eigenvalue weighted by atomic mass is 9.80. The van der Waals surface area contributed by atoms with Crippen LogP contribution < -0.4 is 10.6 Å². The number of nitrogens with zero attached hydrogens (tertiary/aromatic N) is 1. The zero-order valence-electron chi connectivity index (χ0n) is 12.9. The number of methoxy groups -OCH3 is 1. The molecule has 2 amide bonds. The summed E-state index contributed by atoms with van der Waals surface area (Å²) in [5, 5.41) is 5.97. The molecule has 2 N–H and O–H groups in total. The van der Waals surface area contributed by atoms with E-state index >= 15 is 0 Å². The molecule has 1 saturated heterocycles. The fraction of sp³-hybridized carbons (Fsp3) is 0.933. The van der Waals surface area contributed by atoms with Crippen LogP contribution >= 0.6 is 0 Å². The lowest BCUT2D eigenvalue weighted by molar-refractivity contribution is -0.0674. The van der Waals surface area contributed by atoms with Crippen molar-refractivity contribution in [2.45, 2.75) is 57.1 Å². The van der Waals surface area contributed by atoms with E-state index in [0.717, 1.165) is 32.5 Å². The molecule has 0 radical (unpaired) electrons. The maximum atomic E-state index is 11.9. The molecule has 0 spiro atoms. The summed E-state index contributed by atoms with van der Waals surface area (Å²) in [6.07, 6.45) is 7.05. The number of likely N-dealkylation sites (tertiary alicyclic amines) is 1. The Balaban J connectivity index is 1.66. The number of rotatable bonds is 6. The second kappa shape index (κ2) is 7.27.